The van der Waals surface area contributed by atoms with Crippen LogP contribution in [0.3, 0.4) is 0 Å². The summed E-state index contributed by atoms with van der Waals surface area (Å²) in [7, 11) is 0. The topological polar surface area (TPSA) is 42.4 Å². The molecule has 0 bridgehead atoms. The second-order valence-electron chi connectivity index (χ2n) is 5.27. The van der Waals surface area contributed by atoms with Crippen LogP contribution in [-0.4, -0.2) is 26.7 Å². The van der Waals surface area contributed by atoms with E-state index in [4.69, 9.17) is 17.0 Å². The largest absolute Gasteiger partial charge is 0.488 e. The molecular weight excluding hydrogens is 352 g/mol. The summed E-state index contributed by atoms with van der Waals surface area (Å²) in [5, 5.41) is 0. The van der Waals surface area contributed by atoms with Gasteiger partial charge in [0.1, 0.15) is 16.7 Å². The summed E-state index contributed by atoms with van der Waals surface area (Å²) in [4.78, 5) is 18.7. The third kappa shape index (κ3) is 4.15. The molecule has 6 heteroatoms. The van der Waals surface area contributed by atoms with E-state index in [9.17, 15) is 4.79 Å². The van der Waals surface area contributed by atoms with Gasteiger partial charge >= 0.3 is 0 Å². The number of hydrogen-bond donors (Lipinski definition) is 0. The number of nitrogens with zero attached hydrogens (tertiary/aromatic N) is 2. The van der Waals surface area contributed by atoms with Crippen LogP contribution in [-0.2, 0) is 11.4 Å². The van der Waals surface area contributed by atoms with Crippen molar-refractivity contribution in [3.8, 4) is 5.75 Å². The Balaban J connectivity index is 1.80. The number of thiocarbonyl (C=S) groups is 1. The van der Waals surface area contributed by atoms with E-state index in [1.165, 1.54) is 16.7 Å². The van der Waals surface area contributed by atoms with E-state index in [0.717, 1.165) is 11.1 Å². The van der Waals surface area contributed by atoms with E-state index >= 15 is 0 Å². The smallest absolute Gasteiger partial charge is 0.266 e. The predicted octanol–water partition coefficient (Wildman–Crippen LogP) is 4.05. The molecule has 0 spiro atoms. The third-order valence-electron chi connectivity index (χ3n) is 3.51. The number of amides is 1. The number of carbonyl (C=O) groups excluding carboxylic acids is 1. The van der Waals surface area contributed by atoms with E-state index < -0.39 is 0 Å². The highest BCUT2D eigenvalue weighted by Gasteiger charge is 2.31. The quantitative estimate of drug-likeness (QED) is 0.437. The first-order valence-electron chi connectivity index (χ1n) is 7.66. The molecule has 1 saturated heterocycles. The highest BCUT2D eigenvalue weighted by molar-refractivity contribution is 8.26. The van der Waals surface area contributed by atoms with E-state index in [1.807, 2.05) is 42.5 Å². The van der Waals surface area contributed by atoms with Gasteiger partial charge in [-0.15, -0.1) is 6.58 Å². The molecule has 2 heterocycles. The highest BCUT2D eigenvalue weighted by atomic mass is 32.2. The fourth-order valence-electron chi connectivity index (χ4n) is 2.30. The van der Waals surface area contributed by atoms with Gasteiger partial charge in [-0.25, -0.2) is 0 Å². The number of aromatic nitrogens is 1. The highest BCUT2D eigenvalue weighted by Crippen LogP contribution is 2.34. The zero-order valence-electron chi connectivity index (χ0n) is 13.4. The van der Waals surface area contributed by atoms with Gasteiger partial charge in [-0.2, -0.15) is 0 Å². The van der Waals surface area contributed by atoms with Crippen molar-refractivity contribution >= 4 is 40.3 Å². The Kier molecular flexibility index (Phi) is 5.63. The lowest BCUT2D eigenvalue weighted by atomic mass is 10.2. The zero-order valence-corrected chi connectivity index (χ0v) is 15.1. The van der Waals surface area contributed by atoms with Crippen LogP contribution >= 0.6 is 24.0 Å². The van der Waals surface area contributed by atoms with Gasteiger partial charge in [0.15, 0.2) is 0 Å². The van der Waals surface area contributed by atoms with Crippen LogP contribution in [0.25, 0.3) is 6.08 Å². The Bertz CT molecular complexity index is 834. The van der Waals surface area contributed by atoms with Gasteiger partial charge in [-0.3, -0.25) is 14.7 Å². The van der Waals surface area contributed by atoms with Crippen LogP contribution in [0.4, 0.5) is 0 Å². The van der Waals surface area contributed by atoms with Crippen LogP contribution in [0.2, 0.25) is 0 Å². The van der Waals surface area contributed by atoms with Gasteiger partial charge in [0, 0.05) is 30.1 Å². The van der Waals surface area contributed by atoms with Crippen molar-refractivity contribution in [2.75, 3.05) is 6.54 Å². The summed E-state index contributed by atoms with van der Waals surface area (Å²) in [5.74, 6) is 0.609. The third-order valence-corrected chi connectivity index (χ3v) is 4.89. The Labute approximate surface area is 156 Å². The summed E-state index contributed by atoms with van der Waals surface area (Å²) in [6.07, 6.45) is 6.98. The van der Waals surface area contributed by atoms with Crippen molar-refractivity contribution in [1.29, 1.82) is 0 Å². The molecule has 0 aliphatic carbocycles. The summed E-state index contributed by atoms with van der Waals surface area (Å²) in [6.45, 7) is 4.49. The zero-order chi connectivity index (χ0) is 17.6. The number of para-hydroxylation sites is 1. The number of rotatable bonds is 6. The fraction of sp³-hybridized carbons (Fsp3) is 0.105. The van der Waals surface area contributed by atoms with Crippen molar-refractivity contribution in [1.82, 2.24) is 9.88 Å². The van der Waals surface area contributed by atoms with E-state index in [2.05, 4.69) is 11.6 Å². The average Bonchev–Trinajstić information content (AvgIpc) is 2.90. The molecule has 2 aromatic rings. The van der Waals surface area contributed by atoms with Crippen LogP contribution in [0.1, 0.15) is 11.1 Å². The molecule has 0 N–H and O–H groups in total. The lowest BCUT2D eigenvalue weighted by molar-refractivity contribution is -0.121. The maximum Gasteiger partial charge on any atom is 0.266 e. The molecule has 1 fully saturated rings. The molecule has 126 valence electrons. The van der Waals surface area contributed by atoms with Crippen molar-refractivity contribution in [2.45, 2.75) is 6.61 Å². The van der Waals surface area contributed by atoms with E-state index in [0.29, 0.717) is 28.1 Å². The number of pyridine rings is 1. The minimum absolute atomic E-state index is 0.100. The molecule has 1 aromatic carbocycles. The Morgan fingerprint density at radius 2 is 2.12 bits per heavy atom. The van der Waals surface area contributed by atoms with Crippen LogP contribution in [0, 0.1) is 0 Å². The molecule has 1 aliphatic heterocycles. The number of ether oxygens (including phenoxy) is 1. The molecule has 1 amide bonds. The first kappa shape index (κ1) is 17.4. The van der Waals surface area contributed by atoms with Gasteiger partial charge in [0.05, 0.1) is 4.91 Å². The maximum absolute atomic E-state index is 12.5. The summed E-state index contributed by atoms with van der Waals surface area (Å²) in [6, 6.07) is 11.4. The summed E-state index contributed by atoms with van der Waals surface area (Å²) in [5.41, 5.74) is 1.82. The molecule has 1 aromatic heterocycles. The number of hydrogen-bond acceptors (Lipinski definition) is 5. The molecule has 0 unspecified atom stereocenters. The average molecular weight is 368 g/mol. The minimum Gasteiger partial charge on any atom is -0.488 e. The molecule has 1 aliphatic rings. The van der Waals surface area contributed by atoms with Crippen molar-refractivity contribution < 1.29 is 9.53 Å². The van der Waals surface area contributed by atoms with Crippen molar-refractivity contribution in [2.24, 2.45) is 0 Å². The van der Waals surface area contributed by atoms with E-state index in [-0.39, 0.29) is 5.91 Å². The second kappa shape index (κ2) is 8.09. The maximum atomic E-state index is 12.5. The van der Waals surface area contributed by atoms with Gasteiger partial charge in [0.2, 0.25) is 0 Å². The Hall–Kier alpha value is -2.44. The van der Waals surface area contributed by atoms with Crippen LogP contribution < -0.4 is 4.74 Å². The molecular formula is C19H16N2O2S2. The van der Waals surface area contributed by atoms with Crippen LogP contribution in [0.15, 0.2) is 66.4 Å². The molecule has 0 saturated carbocycles. The molecule has 3 rings (SSSR count). The SMILES string of the molecule is C=CCN1C(=O)C(=Cc2ccccc2OCc2cccnc2)SC1=S. The number of carbonyl (C=O) groups is 1. The fourth-order valence-corrected chi connectivity index (χ4v) is 3.57. The predicted molar refractivity (Wildman–Crippen MR) is 105 cm³/mol. The minimum atomic E-state index is -0.100. The molecule has 0 radical (unpaired) electrons. The van der Waals surface area contributed by atoms with E-state index in [1.54, 1.807) is 18.5 Å². The van der Waals surface area contributed by atoms with Gasteiger partial charge < -0.3 is 4.74 Å². The molecule has 4 nitrogen and oxygen atoms in total. The first-order chi connectivity index (χ1) is 12.2. The van der Waals surface area contributed by atoms with Crippen LogP contribution in [0.5, 0.6) is 5.75 Å². The van der Waals surface area contributed by atoms with Gasteiger partial charge in [-0.1, -0.05) is 54.3 Å². The Morgan fingerprint density at radius 3 is 2.88 bits per heavy atom. The first-order valence-corrected chi connectivity index (χ1v) is 8.88. The second-order valence-corrected chi connectivity index (χ2v) is 6.94. The summed E-state index contributed by atoms with van der Waals surface area (Å²) >= 11 is 6.56. The molecule has 0 atom stereocenters. The monoisotopic (exact) mass is 368 g/mol. The normalized spacial score (nSPS) is 15.7. The lowest BCUT2D eigenvalue weighted by Gasteiger charge is -2.11. The molecule has 25 heavy (non-hydrogen) atoms. The number of benzene rings is 1. The summed E-state index contributed by atoms with van der Waals surface area (Å²) < 4.78 is 6.45. The van der Waals surface area contributed by atoms with Gasteiger partial charge in [-0.05, 0) is 18.2 Å². The Morgan fingerprint density at radius 1 is 1.28 bits per heavy atom. The lowest BCUT2D eigenvalue weighted by Crippen LogP contribution is -2.27. The van der Waals surface area contributed by atoms with Crippen molar-refractivity contribution in [3.63, 3.8) is 0 Å². The number of thioether (sulfide) groups is 1. The van der Waals surface area contributed by atoms with Gasteiger partial charge in [0.25, 0.3) is 5.91 Å². The standard InChI is InChI=1S/C19H16N2O2S2/c1-2-10-21-18(22)17(25-19(21)24)11-15-7-3-4-8-16(15)23-13-14-6-5-9-20-12-14/h2-9,11-12H,1,10,13H2. The van der Waals surface area contributed by atoms with Crippen molar-refractivity contribution in [3.05, 3.63) is 77.5 Å².